The predicted molar refractivity (Wildman–Crippen MR) is 51.6 cm³/mol. The number of hydrogen-bond acceptors (Lipinski definition) is 4. The Morgan fingerprint density at radius 2 is 1.58 bits per heavy atom. The van der Waals surface area contributed by atoms with Crippen LogP contribution in [0.4, 0.5) is 0 Å². The molecule has 0 aromatic rings. The summed E-state index contributed by atoms with van der Waals surface area (Å²) in [7, 11) is 1.50. The van der Waals surface area contributed by atoms with Crippen LogP contribution in [-0.4, -0.2) is 18.5 Å². The van der Waals surface area contributed by atoms with Crippen molar-refractivity contribution in [2.45, 2.75) is 6.92 Å². The van der Waals surface area contributed by atoms with Gasteiger partial charge in [-0.05, 0) is 31.7 Å². The van der Waals surface area contributed by atoms with E-state index in [1.807, 2.05) is 0 Å². The largest absolute Gasteiger partial charge is 0.397 e. The van der Waals surface area contributed by atoms with Crippen LogP contribution in [0.25, 0.3) is 0 Å². The second-order valence-electron chi connectivity index (χ2n) is 2.25. The van der Waals surface area contributed by atoms with Crippen molar-refractivity contribution in [3.8, 4) is 0 Å². The van der Waals surface area contributed by atoms with Crippen molar-refractivity contribution < 1.29 is 0 Å². The first kappa shape index (κ1) is 10.6. The Balaban J connectivity index is 0.000000561. The molecule has 0 amide bonds. The van der Waals surface area contributed by atoms with E-state index in [0.717, 1.165) is 5.57 Å². The number of allylic oxidation sites excluding steroid dienone is 3. The fourth-order valence-electron chi connectivity index (χ4n) is 0.725. The summed E-state index contributed by atoms with van der Waals surface area (Å²) in [6, 6.07) is 0. The normalized spacial score (nSPS) is 15.9. The Bertz CT molecular complexity index is 232. The summed E-state index contributed by atoms with van der Waals surface area (Å²) in [5, 5.41) is 14.5. The maximum atomic E-state index is 7.29. The quantitative estimate of drug-likeness (QED) is 0.392. The lowest BCUT2D eigenvalue weighted by Gasteiger charge is -2.08. The smallest absolute Gasteiger partial charge is 0.0773 e. The molecule has 0 fully saturated rings. The molecule has 1 aliphatic carbocycles. The zero-order valence-corrected chi connectivity index (χ0v) is 7.31. The summed E-state index contributed by atoms with van der Waals surface area (Å²) < 4.78 is 0. The molecule has 4 nitrogen and oxygen atoms in total. The fourth-order valence-corrected chi connectivity index (χ4v) is 0.725. The molecule has 0 aliphatic heterocycles. The monoisotopic (exact) mass is 166 g/mol. The van der Waals surface area contributed by atoms with Gasteiger partial charge < -0.3 is 16.9 Å². The van der Waals surface area contributed by atoms with Crippen molar-refractivity contribution in [2.24, 2.45) is 11.5 Å². The average molecular weight is 166 g/mol. The second kappa shape index (κ2) is 4.46. The summed E-state index contributed by atoms with van der Waals surface area (Å²) in [6.07, 6.45) is 3.09. The predicted octanol–water partition coefficient (Wildman–Crippen LogP) is 0.403. The van der Waals surface area contributed by atoms with Crippen molar-refractivity contribution >= 4 is 11.4 Å². The van der Waals surface area contributed by atoms with Gasteiger partial charge in [-0.2, -0.15) is 0 Å². The fraction of sp³-hybridized carbons (Fsp3) is 0.250. The summed E-state index contributed by atoms with van der Waals surface area (Å²) in [4.78, 5) is 0. The molecule has 0 saturated carbocycles. The molecule has 4 heteroatoms. The van der Waals surface area contributed by atoms with Gasteiger partial charge >= 0.3 is 0 Å². The molecule has 0 saturated heterocycles. The molecule has 1 aliphatic rings. The molecule has 6 N–H and O–H groups in total. The van der Waals surface area contributed by atoms with Gasteiger partial charge in [0.2, 0.25) is 0 Å². The van der Waals surface area contributed by atoms with Crippen LogP contribution in [0.15, 0.2) is 23.4 Å². The highest BCUT2D eigenvalue weighted by molar-refractivity contribution is 6.21. The van der Waals surface area contributed by atoms with E-state index in [1.165, 1.54) is 13.1 Å². The van der Waals surface area contributed by atoms with Gasteiger partial charge in [0.15, 0.2) is 0 Å². The molecule has 0 unspecified atom stereocenters. The minimum atomic E-state index is 0.300. The minimum Gasteiger partial charge on any atom is -0.397 e. The van der Waals surface area contributed by atoms with E-state index in [4.69, 9.17) is 16.6 Å². The van der Waals surface area contributed by atoms with Gasteiger partial charge in [-0.3, -0.25) is 5.41 Å². The third kappa shape index (κ3) is 2.32. The Kier molecular flexibility index (Phi) is 3.93. The molecular weight excluding hydrogens is 152 g/mol. The number of rotatable bonds is 0. The Morgan fingerprint density at radius 1 is 1.08 bits per heavy atom. The van der Waals surface area contributed by atoms with Crippen LogP contribution >= 0.6 is 0 Å². The minimum absolute atomic E-state index is 0.300. The summed E-state index contributed by atoms with van der Waals surface area (Å²) in [6.45, 7) is 1.79. The average Bonchev–Trinajstić information content (AvgIpc) is 2.05. The molecule has 0 aromatic carbocycles. The first-order chi connectivity index (χ1) is 5.61. The van der Waals surface area contributed by atoms with Gasteiger partial charge in [0, 0.05) is 0 Å². The molecule has 12 heavy (non-hydrogen) atoms. The zero-order valence-electron chi connectivity index (χ0n) is 7.31. The Labute approximate surface area is 72.0 Å². The summed E-state index contributed by atoms with van der Waals surface area (Å²) in [5.74, 6) is 0. The van der Waals surface area contributed by atoms with Crippen LogP contribution in [0.5, 0.6) is 0 Å². The zero-order chi connectivity index (χ0) is 9.72. The SMILES string of the molecule is CC1=CC(=N)C(N)=CC1=N.CN. The molecule has 0 radical (unpaired) electrons. The molecular formula is C8H14N4. The summed E-state index contributed by atoms with van der Waals surface area (Å²) >= 11 is 0. The van der Waals surface area contributed by atoms with E-state index in [0.29, 0.717) is 17.1 Å². The third-order valence-electron chi connectivity index (χ3n) is 1.40. The van der Waals surface area contributed by atoms with Crippen molar-refractivity contribution in [1.29, 1.82) is 10.8 Å². The molecule has 0 heterocycles. The van der Waals surface area contributed by atoms with Gasteiger partial charge in [-0.15, -0.1) is 0 Å². The van der Waals surface area contributed by atoms with Gasteiger partial charge in [0.05, 0.1) is 17.1 Å². The standard InChI is InChI=1S/C7H9N3.CH5N/c1-4-2-6(9)7(10)3-5(4)8;1-2/h2-3,8-9H,10H2,1H3;2H2,1H3. The number of hydrogen-bond donors (Lipinski definition) is 4. The lowest BCUT2D eigenvalue weighted by atomic mass is 10.0. The van der Waals surface area contributed by atoms with Crippen LogP contribution in [0, 0.1) is 10.8 Å². The molecule has 0 bridgehead atoms. The molecule has 0 aromatic heterocycles. The van der Waals surface area contributed by atoms with Crippen molar-refractivity contribution in [3.63, 3.8) is 0 Å². The Hall–Kier alpha value is -1.42. The molecule has 66 valence electrons. The first-order valence-electron chi connectivity index (χ1n) is 3.52. The molecule has 0 atom stereocenters. The van der Waals surface area contributed by atoms with E-state index in [1.54, 1.807) is 13.0 Å². The van der Waals surface area contributed by atoms with E-state index >= 15 is 0 Å². The van der Waals surface area contributed by atoms with E-state index in [-0.39, 0.29) is 0 Å². The Morgan fingerprint density at radius 3 is 2.00 bits per heavy atom. The van der Waals surface area contributed by atoms with Crippen molar-refractivity contribution in [1.82, 2.24) is 0 Å². The number of nitrogens with one attached hydrogen (secondary N) is 2. The van der Waals surface area contributed by atoms with Crippen LogP contribution in [-0.2, 0) is 0 Å². The van der Waals surface area contributed by atoms with Crippen LogP contribution in [0.3, 0.4) is 0 Å². The van der Waals surface area contributed by atoms with Gasteiger partial charge in [0.1, 0.15) is 0 Å². The number of nitrogens with two attached hydrogens (primary N) is 2. The highest BCUT2D eigenvalue weighted by Gasteiger charge is 2.07. The summed E-state index contributed by atoms with van der Waals surface area (Å²) in [5.41, 5.74) is 11.7. The van der Waals surface area contributed by atoms with Gasteiger partial charge in [-0.25, -0.2) is 0 Å². The molecule has 1 rings (SSSR count). The third-order valence-corrected chi connectivity index (χ3v) is 1.40. The van der Waals surface area contributed by atoms with E-state index in [2.05, 4.69) is 5.73 Å². The van der Waals surface area contributed by atoms with Crippen molar-refractivity contribution in [2.75, 3.05) is 7.05 Å². The lowest BCUT2D eigenvalue weighted by molar-refractivity contribution is 1.36. The maximum absolute atomic E-state index is 7.29. The van der Waals surface area contributed by atoms with Gasteiger partial charge in [0.25, 0.3) is 0 Å². The van der Waals surface area contributed by atoms with Crippen molar-refractivity contribution in [3.05, 3.63) is 23.4 Å². The van der Waals surface area contributed by atoms with Gasteiger partial charge in [-0.1, -0.05) is 0 Å². The molecule has 0 spiro atoms. The van der Waals surface area contributed by atoms with E-state index in [9.17, 15) is 0 Å². The highest BCUT2D eigenvalue weighted by atomic mass is 14.6. The lowest BCUT2D eigenvalue weighted by Crippen LogP contribution is -2.16. The van der Waals surface area contributed by atoms with Crippen LogP contribution in [0.2, 0.25) is 0 Å². The van der Waals surface area contributed by atoms with Crippen LogP contribution < -0.4 is 11.5 Å². The second-order valence-corrected chi connectivity index (χ2v) is 2.25. The van der Waals surface area contributed by atoms with Crippen LogP contribution in [0.1, 0.15) is 6.92 Å². The maximum Gasteiger partial charge on any atom is 0.0773 e. The topological polar surface area (TPSA) is 99.7 Å². The highest BCUT2D eigenvalue weighted by Crippen LogP contribution is 2.06. The first-order valence-corrected chi connectivity index (χ1v) is 3.52. The van der Waals surface area contributed by atoms with E-state index < -0.39 is 0 Å².